The Morgan fingerprint density at radius 2 is 1.23 bits per heavy atom. The summed E-state index contributed by atoms with van der Waals surface area (Å²) >= 11 is 1.15. The number of nitrogen functional groups attached to an aromatic ring is 1. The number of nitrogens with one attached hydrogen (secondary N) is 2. The standard InChI is InChI=1S/C61H114N7O18P3S/c1-12-13-14-15-16-17-18-19-20-21-22-23-24-25-49(69)47(8)35-45(6)33-43(4)31-41(2)30-42(3)32-44(5)34-46(7)36-48(9)60(74)90-29-28-63-51(70)26-27-64-58(73)55(72)61(10,11)38-83-89(80,81)86-88(78,79)82-37-50-54(85-87(75,76)77)53(71)59(84-50)68-40-67-52-56(62)65-39-66-57(52)68/h39-50,53-55,59,69,71-72H,12-38H2,1-11H3,(H,63,70)(H,64,73)(H,78,79)(H,80,81)(H2,62,65,66)(H2,75,76,77)/p-4/t41-,42+,43-,44+,45-,46+,47-,48+,49-,50-,53-,54-,55+,59-/m1/s1. The monoisotopic (exact) mass is 1350 g/mol. The van der Waals surface area contributed by atoms with Gasteiger partial charge in [0.25, 0.3) is 15.6 Å². The predicted octanol–water partition coefficient (Wildman–Crippen LogP) is 8.80. The summed E-state index contributed by atoms with van der Waals surface area (Å²) in [6.07, 6.45) is 18.1. The van der Waals surface area contributed by atoms with Crippen molar-refractivity contribution >= 4 is 69.1 Å². The van der Waals surface area contributed by atoms with Crippen molar-refractivity contribution < 1.29 is 85.6 Å². The second-order valence-corrected chi connectivity index (χ2v) is 32.1. The molecule has 7 N–H and O–H groups in total. The van der Waals surface area contributed by atoms with Crippen LogP contribution in [0.1, 0.15) is 224 Å². The van der Waals surface area contributed by atoms with E-state index < -0.39 is 84.6 Å². The van der Waals surface area contributed by atoms with Crippen molar-refractivity contribution in [2.75, 3.05) is 37.8 Å². The number of aromatic nitrogens is 4. The number of phosphoric acid groups is 3. The van der Waals surface area contributed by atoms with Crippen LogP contribution in [-0.4, -0.2) is 114 Å². The number of phosphoric ester groups is 3. The van der Waals surface area contributed by atoms with Gasteiger partial charge in [-0.05, 0) is 92.8 Å². The fourth-order valence-electron chi connectivity index (χ4n) is 12.6. The van der Waals surface area contributed by atoms with Gasteiger partial charge in [-0.1, -0.05) is 171 Å². The van der Waals surface area contributed by atoms with Gasteiger partial charge in [0.1, 0.15) is 36.3 Å². The summed E-state index contributed by atoms with van der Waals surface area (Å²) in [6, 6.07) is 0. The molecule has 1 aliphatic rings. The number of nitrogens with zero attached hydrogens (tertiary/aromatic N) is 4. The molecule has 1 aliphatic heterocycles. The number of carbonyl (C=O) groups is 3. The van der Waals surface area contributed by atoms with Crippen molar-refractivity contribution in [3.8, 4) is 0 Å². The van der Waals surface area contributed by atoms with E-state index in [0.29, 0.717) is 47.2 Å². The van der Waals surface area contributed by atoms with Crippen LogP contribution < -0.4 is 35.9 Å². The predicted molar refractivity (Wildman–Crippen MR) is 340 cm³/mol. The molecule has 2 aromatic rings. The van der Waals surface area contributed by atoms with E-state index in [2.05, 4.69) is 98.9 Å². The van der Waals surface area contributed by atoms with E-state index in [0.717, 1.165) is 67.5 Å². The number of imidazole rings is 1. The average Bonchev–Trinajstić information content (AvgIpc) is 1.62. The molecule has 90 heavy (non-hydrogen) atoms. The first-order valence-corrected chi connectivity index (χ1v) is 38.2. The van der Waals surface area contributed by atoms with E-state index in [9.17, 15) is 63.0 Å². The second-order valence-electron chi connectivity index (χ2n) is 26.9. The number of ether oxygens (including phenoxy) is 1. The highest BCUT2D eigenvalue weighted by Gasteiger charge is 2.47. The lowest BCUT2D eigenvalue weighted by molar-refractivity contribution is -0.347. The van der Waals surface area contributed by atoms with Crippen molar-refractivity contribution in [3.05, 3.63) is 12.7 Å². The summed E-state index contributed by atoms with van der Waals surface area (Å²) in [5.74, 6) is 2.34. The van der Waals surface area contributed by atoms with Gasteiger partial charge in [0.05, 0.1) is 33.5 Å². The molecule has 16 atom stereocenters. The number of nitrogens with two attached hydrogens (primary N) is 1. The number of rotatable bonds is 49. The molecule has 0 aromatic carbocycles. The van der Waals surface area contributed by atoms with Crippen LogP contribution >= 0.6 is 35.2 Å². The third kappa shape index (κ3) is 31.8. The minimum atomic E-state index is -5.94. The maximum Gasteiger partial charge on any atom is 0.274 e. The van der Waals surface area contributed by atoms with E-state index in [1.807, 2.05) is 6.92 Å². The first-order valence-electron chi connectivity index (χ1n) is 32.8. The number of anilines is 1. The van der Waals surface area contributed by atoms with E-state index >= 15 is 0 Å². The number of fused-ring (bicyclic) bond motifs is 1. The fraction of sp³-hybridized carbons (Fsp3) is 0.869. The number of carbonyl (C=O) groups excluding carboxylic acids is 3. The Hall–Kier alpha value is -2.48. The highest BCUT2D eigenvalue weighted by Crippen LogP contribution is 2.56. The van der Waals surface area contributed by atoms with Gasteiger partial charge in [0.2, 0.25) is 11.8 Å². The van der Waals surface area contributed by atoms with Gasteiger partial charge >= 0.3 is 0 Å². The first kappa shape index (κ1) is 81.8. The minimum Gasteiger partial charge on any atom is -0.790 e. The molecule has 2 amide bonds. The molecule has 25 nitrogen and oxygen atoms in total. The average molecular weight is 1350 g/mol. The van der Waals surface area contributed by atoms with Crippen LogP contribution in [-0.2, 0) is 50.7 Å². The van der Waals surface area contributed by atoms with E-state index in [1.165, 1.54) is 110 Å². The maximum absolute atomic E-state index is 13.1. The minimum absolute atomic E-state index is 0.0204. The largest absolute Gasteiger partial charge is 0.790 e. The Kier molecular flexibility index (Phi) is 37.1. The molecule has 0 saturated carbocycles. The Morgan fingerprint density at radius 1 is 0.722 bits per heavy atom. The number of unbranched alkanes of at least 4 members (excludes halogenated alkanes) is 12. The smallest absolute Gasteiger partial charge is 0.274 e. The lowest BCUT2D eigenvalue weighted by Crippen LogP contribution is -2.46. The molecule has 0 spiro atoms. The summed E-state index contributed by atoms with van der Waals surface area (Å²) in [5.41, 5.74) is 4.10. The quantitative estimate of drug-likeness (QED) is 0.0266. The summed E-state index contributed by atoms with van der Waals surface area (Å²) in [4.78, 5) is 98.6. The summed E-state index contributed by atoms with van der Waals surface area (Å²) < 4.78 is 61.3. The number of amides is 2. The third-order valence-corrected chi connectivity index (χ3v) is 21.0. The number of thioether (sulfide) groups is 1. The number of hydrogen-bond donors (Lipinski definition) is 6. The third-order valence-electron chi connectivity index (χ3n) is 16.9. The zero-order chi connectivity index (χ0) is 67.4. The van der Waals surface area contributed by atoms with Crippen molar-refractivity contribution in [3.63, 3.8) is 0 Å². The SMILES string of the molecule is CCCCCCCCCCCCCCC[C@@H](O)[C@H](C)C[C@H](C)C[C@H](C)C[C@H](C)C[C@H](C)C[C@H](C)C[C@H](C)C[C@H](C)C(=O)SCCNC(=O)CCNC(=O)[C@H](O)C(C)(C)COP(=O)([O-])OP(=O)([O-])OC[C@H]1O[C@@H](n2cnc3c(N)ncnc32)[C@H](O)[C@@H]1OP(=O)([O-])[O-]. The van der Waals surface area contributed by atoms with E-state index in [-0.39, 0.29) is 53.6 Å². The first-order chi connectivity index (χ1) is 42.1. The molecule has 3 rings (SSSR count). The fourth-order valence-corrected chi connectivity index (χ4v) is 16.1. The van der Waals surface area contributed by atoms with Gasteiger partial charge in [-0.15, -0.1) is 0 Å². The molecular weight excluding hydrogens is 1240 g/mol. The van der Waals surface area contributed by atoms with Crippen LogP contribution in [0.4, 0.5) is 5.82 Å². The van der Waals surface area contributed by atoms with Crippen molar-refractivity contribution in [1.29, 1.82) is 0 Å². The normalized spacial score (nSPS) is 21.3. The van der Waals surface area contributed by atoms with Crippen LogP contribution in [0.2, 0.25) is 0 Å². The molecule has 0 radical (unpaired) electrons. The molecule has 1 fully saturated rings. The second kappa shape index (κ2) is 40.8. The van der Waals surface area contributed by atoms with Crippen molar-refractivity contribution in [2.24, 2.45) is 52.8 Å². The van der Waals surface area contributed by atoms with Gasteiger partial charge in [-0.3, -0.25) is 28.1 Å². The Labute approximate surface area is 539 Å². The topological polar surface area (TPSA) is 395 Å². The van der Waals surface area contributed by atoms with Gasteiger partial charge in [0.15, 0.2) is 22.8 Å². The molecule has 29 heteroatoms. The Morgan fingerprint density at radius 3 is 1.78 bits per heavy atom. The molecular formula is C61H110N7O18P3S-4. The van der Waals surface area contributed by atoms with Crippen LogP contribution in [0.3, 0.4) is 0 Å². The molecule has 2 aromatic heterocycles. The lowest BCUT2D eigenvalue weighted by Gasteiger charge is -2.36. The van der Waals surface area contributed by atoms with Gasteiger partial charge < -0.3 is 74.1 Å². The molecule has 1 saturated heterocycles. The highest BCUT2D eigenvalue weighted by atomic mass is 32.2. The molecule has 3 heterocycles. The van der Waals surface area contributed by atoms with E-state index in [1.54, 1.807) is 0 Å². The Balaban J connectivity index is 1.26. The molecule has 0 aliphatic carbocycles. The number of hydrogen-bond acceptors (Lipinski definition) is 23. The maximum atomic E-state index is 13.1. The lowest BCUT2D eigenvalue weighted by atomic mass is 9.80. The van der Waals surface area contributed by atoms with Crippen LogP contribution in [0.5, 0.6) is 0 Å². The van der Waals surface area contributed by atoms with Crippen molar-refractivity contribution in [2.45, 2.75) is 254 Å². The molecule has 2 unspecified atom stereocenters. The van der Waals surface area contributed by atoms with E-state index in [4.69, 9.17) is 10.5 Å². The Bertz CT molecular complexity index is 2570. The van der Waals surface area contributed by atoms with Gasteiger partial charge in [-0.2, -0.15) is 0 Å². The molecule has 0 bridgehead atoms. The number of aliphatic hydroxyl groups is 3. The highest BCUT2D eigenvalue weighted by molar-refractivity contribution is 8.13. The van der Waals surface area contributed by atoms with Crippen molar-refractivity contribution in [1.82, 2.24) is 30.2 Å². The zero-order valence-corrected chi connectivity index (χ0v) is 58.9. The summed E-state index contributed by atoms with van der Waals surface area (Å²) in [7, 11) is -17.7. The van der Waals surface area contributed by atoms with Crippen LogP contribution in [0.15, 0.2) is 12.7 Å². The van der Waals surface area contributed by atoms with Crippen LogP contribution in [0, 0.1) is 52.8 Å². The van der Waals surface area contributed by atoms with Crippen LogP contribution in [0.25, 0.3) is 11.2 Å². The number of aliphatic hydroxyl groups excluding tert-OH is 3. The van der Waals surface area contributed by atoms with Gasteiger partial charge in [0, 0.05) is 36.6 Å². The molecule has 522 valence electrons. The summed E-state index contributed by atoms with van der Waals surface area (Å²) in [6.45, 7) is 20.6. The summed E-state index contributed by atoms with van der Waals surface area (Å²) in [5, 5.41) is 37.7. The van der Waals surface area contributed by atoms with Gasteiger partial charge in [-0.25, -0.2) is 19.3 Å². The zero-order valence-electron chi connectivity index (χ0n) is 55.4.